The molecular weight excluding hydrogens is 615 g/mol. The molecule has 4 rings (SSSR count). The number of halogens is 10. The lowest BCUT2D eigenvalue weighted by atomic mass is 9.88. The summed E-state index contributed by atoms with van der Waals surface area (Å²) in [6, 6.07) is 10.7. The Kier molecular flexibility index (Phi) is 7.27. The van der Waals surface area contributed by atoms with Crippen LogP contribution in [0.5, 0.6) is 0 Å². The van der Waals surface area contributed by atoms with Crippen molar-refractivity contribution in [2.24, 2.45) is 4.40 Å². The first-order chi connectivity index (χ1) is 17.5. The number of carbonyl (C=O) groups is 1. The maximum atomic E-state index is 14.4. The number of hydrogen-bond acceptors (Lipinski definition) is 3. The quantitative estimate of drug-likeness (QED) is 0.232. The van der Waals surface area contributed by atoms with E-state index in [1.54, 1.807) is 6.07 Å². The minimum absolute atomic E-state index is 0.0331. The first-order valence-corrected chi connectivity index (χ1v) is 12.1. The SMILES string of the molecule is O=C(CC(F)(F)F)Nc1cccc2cc(C3=NSC(c4cc(Br)cc(C(F)(F)F)c4)(C(F)(F)F)C3)ccc12. The van der Waals surface area contributed by atoms with Crippen LogP contribution in [0.3, 0.4) is 0 Å². The molecule has 0 fully saturated rings. The summed E-state index contributed by atoms with van der Waals surface area (Å²) in [5.41, 5.74) is -1.59. The van der Waals surface area contributed by atoms with Gasteiger partial charge in [0.25, 0.3) is 0 Å². The molecule has 3 aromatic carbocycles. The van der Waals surface area contributed by atoms with Gasteiger partial charge in [-0.2, -0.15) is 39.5 Å². The Labute approximate surface area is 221 Å². The van der Waals surface area contributed by atoms with E-state index in [1.165, 1.54) is 30.3 Å². The maximum Gasteiger partial charge on any atom is 0.416 e. The Balaban J connectivity index is 1.68. The zero-order valence-corrected chi connectivity index (χ0v) is 21.1. The van der Waals surface area contributed by atoms with Crippen LogP contribution in [0.4, 0.5) is 45.2 Å². The number of carbonyl (C=O) groups excluding carboxylic acids is 1. The van der Waals surface area contributed by atoms with E-state index in [0.717, 1.165) is 6.07 Å². The Morgan fingerprint density at radius 2 is 1.68 bits per heavy atom. The van der Waals surface area contributed by atoms with Crippen molar-refractivity contribution in [3.8, 4) is 0 Å². The normalized spacial score (nSPS) is 18.5. The second kappa shape index (κ2) is 9.78. The summed E-state index contributed by atoms with van der Waals surface area (Å²) in [6.07, 6.45) is -17.0. The molecule has 202 valence electrons. The smallest absolute Gasteiger partial charge is 0.325 e. The molecule has 3 nitrogen and oxygen atoms in total. The highest BCUT2D eigenvalue weighted by Gasteiger charge is 2.60. The van der Waals surface area contributed by atoms with E-state index >= 15 is 0 Å². The van der Waals surface area contributed by atoms with Crippen molar-refractivity contribution in [2.75, 3.05) is 5.32 Å². The minimum Gasteiger partial charge on any atom is -0.325 e. The van der Waals surface area contributed by atoms with Crippen molar-refractivity contribution in [1.82, 2.24) is 0 Å². The lowest BCUT2D eigenvalue weighted by Gasteiger charge is -2.31. The molecule has 1 N–H and O–H groups in total. The van der Waals surface area contributed by atoms with Gasteiger partial charge in [0, 0.05) is 22.0 Å². The number of alkyl halides is 9. The largest absolute Gasteiger partial charge is 0.416 e. The van der Waals surface area contributed by atoms with Crippen LogP contribution < -0.4 is 5.32 Å². The molecular formula is C24H14BrF9N2OS. The maximum absolute atomic E-state index is 14.4. The van der Waals surface area contributed by atoms with Crippen LogP contribution in [0.2, 0.25) is 0 Å². The average molecular weight is 629 g/mol. The Morgan fingerprint density at radius 1 is 0.974 bits per heavy atom. The summed E-state index contributed by atoms with van der Waals surface area (Å²) in [7, 11) is 0. The fourth-order valence-corrected chi connectivity index (χ4v) is 5.45. The van der Waals surface area contributed by atoms with Gasteiger partial charge in [-0.1, -0.05) is 40.2 Å². The molecule has 1 unspecified atom stereocenters. The molecule has 1 aliphatic heterocycles. The summed E-state index contributed by atoms with van der Waals surface area (Å²) < 4.78 is 122. The lowest BCUT2D eigenvalue weighted by molar-refractivity contribution is -0.160. The van der Waals surface area contributed by atoms with Crippen molar-refractivity contribution < 1.29 is 44.3 Å². The summed E-state index contributed by atoms with van der Waals surface area (Å²) in [5, 5.41) is 2.90. The zero-order chi connectivity index (χ0) is 28.1. The lowest BCUT2D eigenvalue weighted by Crippen LogP contribution is -2.39. The van der Waals surface area contributed by atoms with Gasteiger partial charge in [0.05, 0.1) is 11.3 Å². The summed E-state index contributed by atoms with van der Waals surface area (Å²) in [6.45, 7) is 0. The highest BCUT2D eigenvalue weighted by molar-refractivity contribution is 9.10. The van der Waals surface area contributed by atoms with E-state index in [2.05, 4.69) is 25.6 Å². The first-order valence-electron chi connectivity index (χ1n) is 10.6. The number of amides is 1. The van der Waals surface area contributed by atoms with E-state index < -0.39 is 53.2 Å². The number of nitrogens with zero attached hydrogens (tertiary/aromatic N) is 1. The van der Waals surface area contributed by atoms with E-state index in [0.29, 0.717) is 22.9 Å². The Hall–Kier alpha value is -2.74. The van der Waals surface area contributed by atoms with Gasteiger partial charge < -0.3 is 5.32 Å². The second-order valence-electron chi connectivity index (χ2n) is 8.44. The predicted molar refractivity (Wildman–Crippen MR) is 129 cm³/mol. The monoisotopic (exact) mass is 628 g/mol. The fraction of sp³-hybridized carbons (Fsp3) is 0.250. The standard InChI is InChI=1S/C24H14BrF9N2OS/c25-16-8-14(7-15(9-16)23(29,30)31)21(24(32,33)34)10-19(36-38-21)13-4-5-17-12(6-13)2-1-3-18(17)35-20(37)11-22(26,27)28/h1-9H,10-11H2,(H,35,37). The molecule has 0 saturated heterocycles. The topological polar surface area (TPSA) is 41.5 Å². The molecule has 1 atom stereocenters. The molecule has 0 aliphatic carbocycles. The molecule has 1 amide bonds. The number of benzene rings is 3. The highest BCUT2D eigenvalue weighted by Crippen LogP contribution is 2.57. The third-order valence-electron chi connectivity index (χ3n) is 5.73. The van der Waals surface area contributed by atoms with Gasteiger partial charge in [0.15, 0.2) is 4.75 Å². The van der Waals surface area contributed by atoms with Gasteiger partial charge >= 0.3 is 18.5 Å². The molecule has 0 bridgehead atoms. The summed E-state index contributed by atoms with van der Waals surface area (Å²) >= 11 is 2.98. The molecule has 0 spiro atoms. The molecule has 1 heterocycles. The Bertz CT molecular complexity index is 1430. The molecule has 1 aliphatic rings. The third-order valence-corrected chi connectivity index (χ3v) is 7.42. The van der Waals surface area contributed by atoms with Crippen molar-refractivity contribution >= 4 is 56.0 Å². The van der Waals surface area contributed by atoms with Crippen molar-refractivity contribution in [3.05, 3.63) is 75.8 Å². The van der Waals surface area contributed by atoms with Crippen LogP contribution in [-0.4, -0.2) is 24.0 Å². The minimum atomic E-state index is -4.97. The van der Waals surface area contributed by atoms with Crippen LogP contribution in [0.1, 0.15) is 29.5 Å². The third kappa shape index (κ3) is 5.80. The Morgan fingerprint density at radius 3 is 2.32 bits per heavy atom. The number of nitrogens with one attached hydrogen (secondary N) is 1. The van der Waals surface area contributed by atoms with Crippen molar-refractivity contribution in [2.45, 2.75) is 36.1 Å². The predicted octanol–water partition coefficient (Wildman–Crippen LogP) is 8.81. The molecule has 14 heteroatoms. The van der Waals surface area contributed by atoms with Gasteiger partial charge in [0.2, 0.25) is 5.91 Å². The van der Waals surface area contributed by atoms with Gasteiger partial charge in [0.1, 0.15) is 6.42 Å². The van der Waals surface area contributed by atoms with E-state index in [9.17, 15) is 44.3 Å². The van der Waals surface area contributed by atoms with E-state index in [4.69, 9.17) is 0 Å². The van der Waals surface area contributed by atoms with E-state index in [1.807, 2.05) is 0 Å². The highest BCUT2D eigenvalue weighted by atomic mass is 79.9. The van der Waals surface area contributed by atoms with Gasteiger partial charge in [-0.15, -0.1) is 0 Å². The first kappa shape index (κ1) is 28.3. The van der Waals surface area contributed by atoms with Crippen LogP contribution in [0.15, 0.2) is 63.5 Å². The number of fused-ring (bicyclic) bond motifs is 1. The van der Waals surface area contributed by atoms with Crippen molar-refractivity contribution in [3.63, 3.8) is 0 Å². The van der Waals surface area contributed by atoms with Gasteiger partial charge in [-0.05, 0) is 58.8 Å². The molecule has 0 aromatic heterocycles. The number of anilines is 1. The van der Waals surface area contributed by atoms with Crippen LogP contribution in [-0.2, 0) is 15.7 Å². The van der Waals surface area contributed by atoms with Crippen LogP contribution in [0.25, 0.3) is 10.8 Å². The van der Waals surface area contributed by atoms with Crippen LogP contribution >= 0.6 is 27.9 Å². The number of rotatable bonds is 4. The summed E-state index contributed by atoms with van der Waals surface area (Å²) in [5.74, 6) is -1.28. The summed E-state index contributed by atoms with van der Waals surface area (Å²) in [4.78, 5) is 11.7. The molecule has 0 saturated carbocycles. The molecule has 0 radical (unpaired) electrons. The fourth-order valence-electron chi connectivity index (χ4n) is 3.99. The van der Waals surface area contributed by atoms with E-state index in [-0.39, 0.29) is 33.4 Å². The number of hydrogen-bond donors (Lipinski definition) is 1. The van der Waals surface area contributed by atoms with Crippen LogP contribution in [0, 0.1) is 0 Å². The molecule has 3 aromatic rings. The van der Waals surface area contributed by atoms with Gasteiger partial charge in [-0.25, -0.2) is 4.40 Å². The molecule has 38 heavy (non-hydrogen) atoms. The average Bonchev–Trinajstić information content (AvgIpc) is 3.24. The van der Waals surface area contributed by atoms with Crippen molar-refractivity contribution in [1.29, 1.82) is 0 Å². The zero-order valence-electron chi connectivity index (χ0n) is 18.7. The van der Waals surface area contributed by atoms with Gasteiger partial charge in [-0.3, -0.25) is 4.79 Å². The second-order valence-corrected chi connectivity index (χ2v) is 10.4.